The van der Waals surface area contributed by atoms with E-state index in [1.165, 1.54) is 24.3 Å². The molecule has 0 aliphatic heterocycles. The molecule has 1 atom stereocenters. The van der Waals surface area contributed by atoms with Gasteiger partial charge in [0.2, 0.25) is 0 Å². The van der Waals surface area contributed by atoms with Crippen LogP contribution in [0.4, 0.5) is 0 Å². The second-order valence-electron chi connectivity index (χ2n) is 4.72. The zero-order valence-corrected chi connectivity index (χ0v) is 13.4. The summed E-state index contributed by atoms with van der Waals surface area (Å²) in [5.41, 5.74) is 0.466. The van der Waals surface area contributed by atoms with E-state index < -0.39 is 9.84 Å². The Morgan fingerprint density at radius 2 is 2.00 bits per heavy atom. The van der Waals surface area contributed by atoms with E-state index in [1.807, 2.05) is 6.07 Å². The number of sulfone groups is 1. The Morgan fingerprint density at radius 3 is 2.55 bits per heavy atom. The predicted molar refractivity (Wildman–Crippen MR) is 83.6 cm³/mol. The molecule has 0 spiro atoms. The van der Waals surface area contributed by atoms with Crippen LogP contribution in [0, 0.1) is 17.2 Å². The molecule has 0 aliphatic carbocycles. The van der Waals surface area contributed by atoms with Crippen LogP contribution in [-0.4, -0.2) is 39.3 Å². The van der Waals surface area contributed by atoms with E-state index in [4.69, 9.17) is 5.26 Å². The van der Waals surface area contributed by atoms with Crippen LogP contribution < -0.4 is 5.32 Å². The maximum Gasteiger partial charge on any atom is 0.179 e. The molecule has 1 rings (SSSR count). The van der Waals surface area contributed by atoms with Gasteiger partial charge in [-0.25, -0.2) is 8.42 Å². The van der Waals surface area contributed by atoms with Gasteiger partial charge in [-0.2, -0.15) is 17.0 Å². The van der Waals surface area contributed by atoms with Gasteiger partial charge in [0.05, 0.1) is 22.3 Å². The second kappa shape index (κ2) is 8.30. The van der Waals surface area contributed by atoms with E-state index in [0.717, 1.165) is 12.3 Å². The summed E-state index contributed by atoms with van der Waals surface area (Å²) in [6.45, 7) is 3.41. The molecule has 1 N–H and O–H groups in total. The van der Waals surface area contributed by atoms with Crippen LogP contribution in [0.2, 0.25) is 0 Å². The van der Waals surface area contributed by atoms with Gasteiger partial charge in [0.15, 0.2) is 9.84 Å². The minimum atomic E-state index is -3.27. The average molecular weight is 312 g/mol. The Hall–Kier alpha value is -1.03. The van der Waals surface area contributed by atoms with Gasteiger partial charge in [0, 0.05) is 6.54 Å². The number of nitrogens with zero attached hydrogens (tertiary/aromatic N) is 1. The molecule has 110 valence electrons. The fourth-order valence-corrected chi connectivity index (χ4v) is 3.64. The Balaban J connectivity index is 2.47. The number of nitriles is 1. The summed E-state index contributed by atoms with van der Waals surface area (Å²) in [7, 11) is -3.27. The Morgan fingerprint density at radius 1 is 1.35 bits per heavy atom. The van der Waals surface area contributed by atoms with Gasteiger partial charge in [0.25, 0.3) is 0 Å². The highest BCUT2D eigenvalue weighted by molar-refractivity contribution is 7.98. The Bertz CT molecular complexity index is 548. The third-order valence-corrected chi connectivity index (χ3v) is 5.47. The molecule has 0 radical (unpaired) electrons. The molecule has 0 saturated carbocycles. The monoisotopic (exact) mass is 312 g/mol. The molecule has 0 heterocycles. The highest BCUT2D eigenvalue weighted by atomic mass is 32.2. The smallest absolute Gasteiger partial charge is 0.179 e. The van der Waals surface area contributed by atoms with Gasteiger partial charge in [-0.15, -0.1) is 0 Å². The van der Waals surface area contributed by atoms with Crippen molar-refractivity contribution in [2.45, 2.75) is 11.8 Å². The van der Waals surface area contributed by atoms with Crippen LogP contribution in [0.1, 0.15) is 12.5 Å². The summed E-state index contributed by atoms with van der Waals surface area (Å²) in [6.07, 6.45) is 2.06. The summed E-state index contributed by atoms with van der Waals surface area (Å²) >= 11 is 1.79. The van der Waals surface area contributed by atoms with Crippen molar-refractivity contribution in [1.82, 2.24) is 5.32 Å². The topological polar surface area (TPSA) is 70.0 Å². The van der Waals surface area contributed by atoms with Crippen molar-refractivity contribution in [3.8, 4) is 6.07 Å². The number of hydrogen-bond acceptors (Lipinski definition) is 5. The molecule has 1 aromatic carbocycles. The van der Waals surface area contributed by atoms with Crippen molar-refractivity contribution >= 4 is 21.6 Å². The van der Waals surface area contributed by atoms with Gasteiger partial charge < -0.3 is 5.32 Å². The Kier molecular flexibility index (Phi) is 7.06. The van der Waals surface area contributed by atoms with Crippen LogP contribution >= 0.6 is 11.8 Å². The van der Waals surface area contributed by atoms with Gasteiger partial charge in [-0.3, -0.25) is 0 Å². The largest absolute Gasteiger partial charge is 0.315 e. The number of benzene rings is 1. The average Bonchev–Trinajstić information content (AvgIpc) is 2.44. The van der Waals surface area contributed by atoms with Crippen LogP contribution in [0.5, 0.6) is 0 Å². The maximum absolute atomic E-state index is 12.1. The molecular formula is C14H20N2O2S2. The van der Waals surface area contributed by atoms with Gasteiger partial charge in [-0.1, -0.05) is 6.92 Å². The third-order valence-electron chi connectivity index (χ3n) is 2.83. The number of hydrogen-bond donors (Lipinski definition) is 1. The normalized spacial score (nSPS) is 12.8. The third kappa shape index (κ3) is 5.53. The zero-order chi connectivity index (χ0) is 15.0. The van der Waals surface area contributed by atoms with E-state index in [-0.39, 0.29) is 10.6 Å². The van der Waals surface area contributed by atoms with Crippen molar-refractivity contribution in [2.24, 2.45) is 5.92 Å². The minimum Gasteiger partial charge on any atom is -0.315 e. The molecule has 20 heavy (non-hydrogen) atoms. The molecule has 0 fully saturated rings. The highest BCUT2D eigenvalue weighted by Gasteiger charge is 2.13. The highest BCUT2D eigenvalue weighted by Crippen LogP contribution is 2.11. The molecule has 0 aliphatic rings. The van der Waals surface area contributed by atoms with Gasteiger partial charge in [-0.05, 0) is 48.7 Å². The van der Waals surface area contributed by atoms with Gasteiger partial charge >= 0.3 is 0 Å². The predicted octanol–water partition coefficient (Wildman–Crippen LogP) is 1.92. The second-order valence-corrected chi connectivity index (χ2v) is 7.74. The summed E-state index contributed by atoms with van der Waals surface area (Å²) in [6, 6.07) is 8.01. The summed E-state index contributed by atoms with van der Waals surface area (Å²) in [5.74, 6) is 1.67. The minimum absolute atomic E-state index is 0.0743. The molecule has 0 bridgehead atoms. The van der Waals surface area contributed by atoms with Crippen molar-refractivity contribution in [2.75, 3.05) is 30.9 Å². The van der Waals surface area contributed by atoms with E-state index in [9.17, 15) is 8.42 Å². The summed E-state index contributed by atoms with van der Waals surface area (Å²) < 4.78 is 24.2. The van der Waals surface area contributed by atoms with E-state index >= 15 is 0 Å². The molecule has 0 aromatic heterocycles. The van der Waals surface area contributed by atoms with Crippen LogP contribution in [-0.2, 0) is 9.84 Å². The lowest BCUT2D eigenvalue weighted by Crippen LogP contribution is -2.28. The maximum atomic E-state index is 12.1. The first-order valence-electron chi connectivity index (χ1n) is 6.42. The van der Waals surface area contributed by atoms with Gasteiger partial charge in [0.1, 0.15) is 0 Å². The first-order chi connectivity index (χ1) is 9.49. The summed E-state index contributed by atoms with van der Waals surface area (Å²) in [4.78, 5) is 0.274. The van der Waals surface area contributed by atoms with E-state index in [0.29, 0.717) is 18.0 Å². The Labute approximate surface area is 125 Å². The fourth-order valence-electron chi connectivity index (χ4n) is 1.75. The number of rotatable bonds is 8. The molecular weight excluding hydrogens is 292 g/mol. The standard InChI is InChI=1S/C14H20N2O2S2/c1-12(11-19-2)10-16-7-8-20(17,18)14-5-3-13(9-15)4-6-14/h3-6,12,16H,7-8,10-11H2,1-2H3. The number of thioether (sulfide) groups is 1. The van der Waals surface area contributed by atoms with Crippen molar-refractivity contribution in [3.05, 3.63) is 29.8 Å². The molecule has 1 unspecified atom stereocenters. The quantitative estimate of drug-likeness (QED) is 0.743. The molecule has 1 aromatic rings. The van der Waals surface area contributed by atoms with Crippen LogP contribution in [0.3, 0.4) is 0 Å². The lowest BCUT2D eigenvalue weighted by Gasteiger charge is -2.11. The molecule has 4 nitrogen and oxygen atoms in total. The summed E-state index contributed by atoms with van der Waals surface area (Å²) in [5, 5.41) is 11.9. The lowest BCUT2D eigenvalue weighted by molar-refractivity contribution is 0.562. The lowest BCUT2D eigenvalue weighted by atomic mass is 10.2. The first-order valence-corrected chi connectivity index (χ1v) is 9.47. The molecule has 6 heteroatoms. The van der Waals surface area contributed by atoms with Crippen molar-refractivity contribution in [1.29, 1.82) is 5.26 Å². The van der Waals surface area contributed by atoms with E-state index in [1.54, 1.807) is 11.8 Å². The fraction of sp³-hybridized carbons (Fsp3) is 0.500. The van der Waals surface area contributed by atoms with Crippen molar-refractivity contribution in [3.63, 3.8) is 0 Å². The number of nitrogens with one attached hydrogen (secondary N) is 1. The molecule has 0 saturated heterocycles. The first kappa shape index (κ1) is 17.0. The molecule has 0 amide bonds. The SMILES string of the molecule is CSCC(C)CNCCS(=O)(=O)c1ccc(C#N)cc1. The van der Waals surface area contributed by atoms with Crippen LogP contribution in [0.25, 0.3) is 0 Å². The van der Waals surface area contributed by atoms with Crippen molar-refractivity contribution < 1.29 is 8.42 Å². The van der Waals surface area contributed by atoms with Crippen LogP contribution in [0.15, 0.2) is 29.2 Å². The zero-order valence-electron chi connectivity index (χ0n) is 11.8. The van der Waals surface area contributed by atoms with E-state index in [2.05, 4.69) is 18.5 Å².